The molecule has 0 bridgehead atoms. The van der Waals surface area contributed by atoms with Gasteiger partial charge in [0.2, 0.25) is 0 Å². The van der Waals surface area contributed by atoms with Gasteiger partial charge in [0.25, 0.3) is 0 Å². The van der Waals surface area contributed by atoms with Crippen LogP contribution in [-0.4, -0.2) is 11.0 Å². The van der Waals surface area contributed by atoms with Gasteiger partial charge in [0.05, 0.1) is 0 Å². The van der Waals surface area contributed by atoms with Crippen LogP contribution in [0.5, 0.6) is 0 Å². The molecule has 0 spiro atoms. The number of hydrogen-bond acceptors (Lipinski definition) is 0. The monoisotopic (exact) mass is 894 g/mol. The third-order valence-corrected chi connectivity index (χ3v) is 2.34. The Hall–Kier alpha value is 1.05. The predicted molar refractivity (Wildman–Crippen MR) is 121 cm³/mol. The minimum atomic E-state index is 0. The van der Waals surface area contributed by atoms with Crippen molar-refractivity contribution in [3.05, 3.63) is 97.2 Å². The molecule has 0 aliphatic heterocycles. The van der Waals surface area contributed by atoms with E-state index in [0.29, 0.717) is 0 Å². The molecular formula is C24H32Br2Hf2Si2-2. The van der Waals surface area contributed by atoms with Crippen molar-refractivity contribution in [2.45, 2.75) is 51.9 Å². The van der Waals surface area contributed by atoms with E-state index in [9.17, 15) is 0 Å². The molecule has 0 atom stereocenters. The van der Waals surface area contributed by atoms with Crippen molar-refractivity contribution in [1.82, 2.24) is 0 Å². The van der Waals surface area contributed by atoms with Gasteiger partial charge in [-0.15, -0.1) is 25.7 Å². The van der Waals surface area contributed by atoms with E-state index in [-0.39, 0.29) is 45.0 Å². The van der Waals surface area contributed by atoms with Crippen LogP contribution in [0.25, 0.3) is 0 Å². The van der Waals surface area contributed by atoms with E-state index in [1.54, 1.807) is 0 Å². The van der Waals surface area contributed by atoms with E-state index < -0.39 is 0 Å². The molecule has 30 heavy (non-hydrogen) atoms. The molecule has 0 radical (unpaired) electrons. The van der Waals surface area contributed by atoms with Crippen LogP contribution < -0.4 is 34.0 Å². The van der Waals surface area contributed by atoms with Crippen molar-refractivity contribution >= 4 is 11.0 Å². The summed E-state index contributed by atoms with van der Waals surface area (Å²) in [6.45, 7) is 9.32. The molecule has 0 aromatic heterocycles. The van der Waals surface area contributed by atoms with Crippen molar-refractivity contribution in [3.63, 3.8) is 0 Å². The first-order chi connectivity index (χ1) is 13.5. The maximum Gasteiger partial charge on any atom is -0.109 e. The SMILES string of the molecule is C[Si](C)=[Hf+2].C[Si](C)=[Hf+2].[Br-].[Br-].[C-]1=CC=CC1.[C-]1=CC=CC1.[C-]1=CC=CC1.[C-]1=CC=CC1. The zero-order chi connectivity index (χ0) is 21.3. The van der Waals surface area contributed by atoms with Crippen molar-refractivity contribution in [2.75, 3.05) is 0 Å². The third-order valence-electron chi connectivity index (χ3n) is 2.34. The fourth-order valence-corrected chi connectivity index (χ4v) is 1.36. The normalized spacial score (nSPS) is 13.6. The third kappa shape index (κ3) is 51.6. The Kier molecular flexibility index (Phi) is 44.3. The van der Waals surface area contributed by atoms with Gasteiger partial charge >= 0.3 is 83.2 Å². The van der Waals surface area contributed by atoms with Gasteiger partial charge in [-0.05, 0) is 0 Å². The Balaban J connectivity index is -0.000000134. The molecule has 0 unspecified atom stereocenters. The Bertz CT molecular complexity index is 494. The van der Waals surface area contributed by atoms with E-state index in [1.807, 2.05) is 48.6 Å². The molecule has 0 aromatic rings. The van der Waals surface area contributed by atoms with Crippen LogP contribution in [0.3, 0.4) is 0 Å². The Morgan fingerprint density at radius 2 is 0.667 bits per heavy atom. The number of hydrogen-bond donors (Lipinski definition) is 0. The van der Waals surface area contributed by atoms with Crippen LogP contribution in [-0.2, 0) is 46.0 Å². The maximum atomic E-state index is 2.99. The van der Waals surface area contributed by atoms with Crippen LogP contribution in [0.1, 0.15) is 25.7 Å². The molecule has 6 heteroatoms. The first-order valence-corrected chi connectivity index (χ1v) is 25.1. The number of rotatable bonds is 0. The molecule has 0 nitrogen and oxygen atoms in total. The van der Waals surface area contributed by atoms with Gasteiger partial charge < -0.3 is 34.0 Å². The summed E-state index contributed by atoms with van der Waals surface area (Å²) in [6.07, 6.45) is 40.0. The van der Waals surface area contributed by atoms with Crippen molar-refractivity contribution in [2.24, 2.45) is 0 Å². The fraction of sp³-hybridized carbons (Fsp3) is 0.333. The van der Waals surface area contributed by atoms with Gasteiger partial charge in [0.15, 0.2) is 0 Å². The maximum absolute atomic E-state index is 2.99. The van der Waals surface area contributed by atoms with Crippen molar-refractivity contribution < 1.29 is 80.0 Å². The minimum absolute atomic E-state index is 0. The quantitative estimate of drug-likeness (QED) is 0.250. The predicted octanol–water partition coefficient (Wildman–Crippen LogP) is 0.799. The summed E-state index contributed by atoms with van der Waals surface area (Å²) >= 11 is 2.90. The van der Waals surface area contributed by atoms with Gasteiger partial charge in [-0.3, -0.25) is 24.3 Å². The van der Waals surface area contributed by atoms with Crippen molar-refractivity contribution in [1.29, 1.82) is 0 Å². The molecule has 0 N–H and O–H groups in total. The second-order valence-corrected chi connectivity index (χ2v) is 31.6. The summed E-state index contributed by atoms with van der Waals surface area (Å²) < 4.78 is 0. The Morgan fingerprint density at radius 3 is 0.700 bits per heavy atom. The van der Waals surface area contributed by atoms with E-state index >= 15 is 0 Å². The summed E-state index contributed by atoms with van der Waals surface area (Å²) in [5.74, 6) is 0. The molecule has 0 saturated carbocycles. The second-order valence-electron chi connectivity index (χ2n) is 6.01. The summed E-state index contributed by atoms with van der Waals surface area (Å²) in [6, 6.07) is 0. The van der Waals surface area contributed by atoms with Gasteiger partial charge in [0, 0.05) is 0 Å². The van der Waals surface area contributed by atoms with Crippen LogP contribution >= 0.6 is 0 Å². The average molecular weight is 893 g/mol. The average Bonchev–Trinajstić information content (AvgIpc) is 3.52. The first kappa shape index (κ1) is 38.3. The molecule has 4 rings (SSSR count). The molecule has 0 aromatic carbocycles. The Morgan fingerprint density at radius 1 is 0.500 bits per heavy atom. The minimum Gasteiger partial charge on any atom is -1.00 e. The number of halogens is 2. The van der Waals surface area contributed by atoms with Crippen LogP contribution in [0.4, 0.5) is 0 Å². The van der Waals surface area contributed by atoms with E-state index in [1.165, 1.54) is 46.0 Å². The number of allylic oxidation sites excluding steroid dienone is 16. The molecule has 4 aliphatic rings. The second kappa shape index (κ2) is 34.7. The van der Waals surface area contributed by atoms with Crippen LogP contribution in [0.2, 0.25) is 26.2 Å². The molecule has 4 aliphatic carbocycles. The molecular weight excluding hydrogens is 861 g/mol. The molecule has 0 amide bonds. The smallest absolute Gasteiger partial charge is 0.109 e. The van der Waals surface area contributed by atoms with Gasteiger partial charge in [-0.2, -0.15) is 24.3 Å². The fourth-order valence-electron chi connectivity index (χ4n) is 1.36. The van der Waals surface area contributed by atoms with Crippen LogP contribution in [0.15, 0.2) is 72.9 Å². The molecule has 0 saturated heterocycles. The standard InChI is InChI=1S/4C5H5.2C2H6Si.2BrH.2Hf/c4*1-2-4-5-3-1;2*1-3-2;;;;/h4*1-3H,4H2;2*1-2H3;2*1H;;/q4*-1;;;;;2*+2/p-2. The van der Waals surface area contributed by atoms with E-state index in [2.05, 4.69) is 74.8 Å². The van der Waals surface area contributed by atoms with Gasteiger partial charge in [0.1, 0.15) is 0 Å². The topological polar surface area (TPSA) is 0 Å². The van der Waals surface area contributed by atoms with Crippen molar-refractivity contribution in [3.8, 4) is 0 Å². The first-order valence-electron chi connectivity index (χ1n) is 9.37. The summed E-state index contributed by atoms with van der Waals surface area (Å²) in [5.41, 5.74) is 0.519. The Labute approximate surface area is 237 Å². The van der Waals surface area contributed by atoms with Gasteiger partial charge in [-0.1, -0.05) is 0 Å². The largest absolute Gasteiger partial charge is 1.00 e. The van der Waals surface area contributed by atoms with E-state index in [4.69, 9.17) is 0 Å². The van der Waals surface area contributed by atoms with Gasteiger partial charge in [-0.25, -0.2) is 48.6 Å². The zero-order valence-electron chi connectivity index (χ0n) is 18.5. The summed E-state index contributed by atoms with van der Waals surface area (Å²) in [5, 5.41) is 0. The summed E-state index contributed by atoms with van der Waals surface area (Å²) in [4.78, 5) is 0. The molecule has 0 heterocycles. The summed E-state index contributed by atoms with van der Waals surface area (Å²) in [7, 11) is 0. The molecule has 0 fully saturated rings. The molecule has 160 valence electrons. The van der Waals surface area contributed by atoms with Crippen LogP contribution in [0, 0.1) is 24.3 Å². The zero-order valence-corrected chi connectivity index (χ0v) is 30.9. The van der Waals surface area contributed by atoms with E-state index in [0.717, 1.165) is 25.7 Å².